The van der Waals surface area contributed by atoms with Crippen LogP contribution in [0, 0.1) is 6.92 Å². The van der Waals surface area contributed by atoms with Gasteiger partial charge in [-0.2, -0.15) is 0 Å². The van der Waals surface area contributed by atoms with E-state index in [4.69, 9.17) is 9.47 Å². The maximum absolute atomic E-state index is 12.3. The van der Waals surface area contributed by atoms with Gasteiger partial charge in [0.2, 0.25) is 5.91 Å². The van der Waals surface area contributed by atoms with E-state index >= 15 is 0 Å². The van der Waals surface area contributed by atoms with Crippen molar-refractivity contribution >= 4 is 17.8 Å². The summed E-state index contributed by atoms with van der Waals surface area (Å²) in [6.07, 6.45) is 0.437. The number of amides is 4. The van der Waals surface area contributed by atoms with Gasteiger partial charge in [-0.25, -0.2) is 4.79 Å². The smallest absolute Gasteiger partial charge is 0.322 e. The number of ether oxygens (including phenoxy) is 2. The molecule has 8 nitrogen and oxygen atoms in total. The molecule has 2 N–H and O–H groups in total. The first kappa shape index (κ1) is 18.6. The van der Waals surface area contributed by atoms with E-state index in [0.717, 1.165) is 11.1 Å². The first-order valence-corrected chi connectivity index (χ1v) is 7.92. The normalized spacial score (nSPS) is 16.2. The van der Waals surface area contributed by atoms with Crippen LogP contribution in [-0.4, -0.2) is 50.1 Å². The number of carbonyl (C=O) groups is 3. The largest absolute Gasteiger partial charge is 0.493 e. The second-order valence-corrected chi connectivity index (χ2v) is 5.94. The van der Waals surface area contributed by atoms with Gasteiger partial charge in [-0.05, 0) is 36.6 Å². The molecule has 0 radical (unpaired) electrons. The second-order valence-electron chi connectivity index (χ2n) is 5.94. The summed E-state index contributed by atoms with van der Waals surface area (Å²) in [7, 11) is 4.84. The fourth-order valence-corrected chi connectivity index (χ4v) is 2.66. The number of aryl methyl sites for hydroxylation is 1. The van der Waals surface area contributed by atoms with Crippen LogP contribution in [0.1, 0.15) is 24.0 Å². The number of rotatable bonds is 7. The number of urea groups is 1. The van der Waals surface area contributed by atoms with Crippen molar-refractivity contribution < 1.29 is 23.9 Å². The lowest BCUT2D eigenvalue weighted by Crippen LogP contribution is -2.32. The first-order valence-electron chi connectivity index (χ1n) is 7.92. The number of nitrogens with zero attached hydrogens (tertiary/aromatic N) is 1. The predicted molar refractivity (Wildman–Crippen MR) is 90.5 cm³/mol. The molecular weight excluding hydrogens is 326 g/mol. The second kappa shape index (κ2) is 7.87. The lowest BCUT2D eigenvalue weighted by molar-refractivity contribution is -0.130. The van der Waals surface area contributed by atoms with Crippen molar-refractivity contribution in [1.82, 2.24) is 15.5 Å². The molecule has 1 aromatic carbocycles. The fourth-order valence-electron chi connectivity index (χ4n) is 2.66. The summed E-state index contributed by atoms with van der Waals surface area (Å²) in [5.74, 6) is 0.745. The zero-order valence-corrected chi connectivity index (χ0v) is 14.8. The van der Waals surface area contributed by atoms with Gasteiger partial charge in [0.1, 0.15) is 6.04 Å². The molecule has 0 bridgehead atoms. The van der Waals surface area contributed by atoms with E-state index in [1.165, 1.54) is 0 Å². The molecule has 136 valence electrons. The van der Waals surface area contributed by atoms with Crippen LogP contribution in [0.5, 0.6) is 11.5 Å². The molecule has 1 aliphatic heterocycles. The molecule has 1 fully saturated rings. The number of benzene rings is 1. The summed E-state index contributed by atoms with van der Waals surface area (Å²) in [5, 5.41) is 4.63. The third-order valence-corrected chi connectivity index (χ3v) is 4.18. The highest BCUT2D eigenvalue weighted by Gasteiger charge is 2.29. The van der Waals surface area contributed by atoms with E-state index < -0.39 is 18.0 Å². The number of methoxy groups -OCH3 is 2. The van der Waals surface area contributed by atoms with Gasteiger partial charge in [0.25, 0.3) is 5.91 Å². The van der Waals surface area contributed by atoms with Crippen molar-refractivity contribution in [1.29, 1.82) is 0 Å². The first-order chi connectivity index (χ1) is 11.8. The van der Waals surface area contributed by atoms with Crippen molar-refractivity contribution in [3.8, 4) is 11.5 Å². The molecule has 4 amide bonds. The summed E-state index contributed by atoms with van der Waals surface area (Å²) in [6, 6.07) is 2.55. The van der Waals surface area contributed by atoms with Crippen LogP contribution >= 0.6 is 0 Å². The minimum Gasteiger partial charge on any atom is -0.493 e. The molecule has 0 aromatic heterocycles. The zero-order valence-electron chi connectivity index (χ0n) is 14.8. The van der Waals surface area contributed by atoms with E-state index in [0.29, 0.717) is 18.0 Å². The molecule has 1 aromatic rings. The molecule has 2 rings (SSSR count). The van der Waals surface area contributed by atoms with Crippen molar-refractivity contribution in [3.05, 3.63) is 23.3 Å². The minimum absolute atomic E-state index is 0.108. The van der Waals surface area contributed by atoms with Crippen LogP contribution in [0.25, 0.3) is 0 Å². The van der Waals surface area contributed by atoms with E-state index in [2.05, 4.69) is 10.6 Å². The van der Waals surface area contributed by atoms with Crippen LogP contribution in [-0.2, 0) is 16.1 Å². The summed E-state index contributed by atoms with van der Waals surface area (Å²) >= 11 is 0. The van der Waals surface area contributed by atoms with Gasteiger partial charge in [-0.15, -0.1) is 0 Å². The van der Waals surface area contributed by atoms with Crippen molar-refractivity contribution in [2.45, 2.75) is 32.4 Å². The van der Waals surface area contributed by atoms with Gasteiger partial charge in [0.15, 0.2) is 11.5 Å². The Bertz CT molecular complexity index is 689. The number of imide groups is 1. The summed E-state index contributed by atoms with van der Waals surface area (Å²) < 4.78 is 10.6. The Morgan fingerprint density at radius 1 is 1.20 bits per heavy atom. The number of carbonyl (C=O) groups excluding carboxylic acids is 3. The van der Waals surface area contributed by atoms with E-state index in [9.17, 15) is 14.4 Å². The Morgan fingerprint density at radius 2 is 1.84 bits per heavy atom. The SMILES string of the molecule is COc1cc(C)c(CN(C)C(=O)CCC2NC(=O)NC2=O)cc1OC. The van der Waals surface area contributed by atoms with Gasteiger partial charge in [0.05, 0.1) is 14.2 Å². The van der Waals surface area contributed by atoms with E-state index in [-0.39, 0.29) is 18.7 Å². The van der Waals surface area contributed by atoms with E-state index in [1.807, 2.05) is 19.1 Å². The van der Waals surface area contributed by atoms with Crippen LogP contribution in [0.2, 0.25) is 0 Å². The van der Waals surface area contributed by atoms with Crippen molar-refractivity contribution in [2.75, 3.05) is 21.3 Å². The molecule has 8 heteroatoms. The Hall–Kier alpha value is -2.77. The van der Waals surface area contributed by atoms with Crippen LogP contribution in [0.4, 0.5) is 4.79 Å². The molecule has 1 heterocycles. The molecule has 0 aliphatic carbocycles. The average molecular weight is 349 g/mol. The van der Waals surface area contributed by atoms with Crippen molar-refractivity contribution in [3.63, 3.8) is 0 Å². The molecule has 0 spiro atoms. The molecule has 1 unspecified atom stereocenters. The predicted octanol–water partition coefficient (Wildman–Crippen LogP) is 0.959. The Morgan fingerprint density at radius 3 is 2.40 bits per heavy atom. The Kier molecular flexibility index (Phi) is 5.84. The highest BCUT2D eigenvalue weighted by atomic mass is 16.5. The Labute approximate surface area is 146 Å². The van der Waals surface area contributed by atoms with Gasteiger partial charge < -0.3 is 19.7 Å². The molecule has 25 heavy (non-hydrogen) atoms. The fraction of sp³-hybridized carbons (Fsp3) is 0.471. The molecular formula is C17H23N3O5. The quantitative estimate of drug-likeness (QED) is 0.715. The highest BCUT2D eigenvalue weighted by molar-refractivity contribution is 6.04. The molecule has 1 saturated heterocycles. The zero-order chi connectivity index (χ0) is 18.6. The third kappa shape index (κ3) is 4.40. The van der Waals surface area contributed by atoms with Crippen molar-refractivity contribution in [2.24, 2.45) is 0 Å². The van der Waals surface area contributed by atoms with Gasteiger partial charge in [0, 0.05) is 20.0 Å². The minimum atomic E-state index is -0.646. The van der Waals surface area contributed by atoms with E-state index in [1.54, 1.807) is 26.2 Å². The highest BCUT2D eigenvalue weighted by Crippen LogP contribution is 2.30. The molecule has 0 saturated carbocycles. The molecule has 1 aliphatic rings. The lowest BCUT2D eigenvalue weighted by atomic mass is 10.1. The van der Waals surface area contributed by atoms with Crippen LogP contribution < -0.4 is 20.1 Å². The number of nitrogens with one attached hydrogen (secondary N) is 2. The van der Waals surface area contributed by atoms with Crippen LogP contribution in [0.3, 0.4) is 0 Å². The van der Waals surface area contributed by atoms with Gasteiger partial charge in [-0.1, -0.05) is 0 Å². The third-order valence-electron chi connectivity index (χ3n) is 4.18. The maximum Gasteiger partial charge on any atom is 0.322 e. The summed E-state index contributed by atoms with van der Waals surface area (Å²) in [5.41, 5.74) is 1.93. The maximum atomic E-state index is 12.3. The average Bonchev–Trinajstić information content (AvgIpc) is 2.91. The molecule has 1 atom stereocenters. The van der Waals surface area contributed by atoms with Crippen LogP contribution in [0.15, 0.2) is 12.1 Å². The monoisotopic (exact) mass is 349 g/mol. The summed E-state index contributed by atoms with van der Waals surface area (Å²) in [4.78, 5) is 36.5. The number of hydrogen-bond acceptors (Lipinski definition) is 5. The van der Waals surface area contributed by atoms with Gasteiger partial charge in [-0.3, -0.25) is 14.9 Å². The summed E-state index contributed by atoms with van der Waals surface area (Å²) in [6.45, 7) is 2.35. The van der Waals surface area contributed by atoms with Gasteiger partial charge >= 0.3 is 6.03 Å². The topological polar surface area (TPSA) is 97.0 Å². The number of hydrogen-bond donors (Lipinski definition) is 2. The standard InChI is InChI=1S/C17H23N3O5/c1-10-7-13(24-3)14(25-4)8-11(10)9-20(2)15(21)6-5-12-16(22)19-17(23)18-12/h7-8,12H,5-6,9H2,1-4H3,(H2,18,19,22,23). The lowest BCUT2D eigenvalue weighted by Gasteiger charge is -2.20. The Balaban J connectivity index is 1.97.